The summed E-state index contributed by atoms with van der Waals surface area (Å²) in [5.41, 5.74) is 9.01. The highest BCUT2D eigenvalue weighted by molar-refractivity contribution is 5.80. The first kappa shape index (κ1) is 11.7. The predicted octanol–water partition coefficient (Wildman–Crippen LogP) is 1.27. The summed E-state index contributed by atoms with van der Waals surface area (Å²) in [6.45, 7) is 6.32. The summed E-state index contributed by atoms with van der Waals surface area (Å²) in [5.74, 6) is -0.116. The van der Waals surface area contributed by atoms with Gasteiger partial charge >= 0.3 is 0 Å². The van der Waals surface area contributed by atoms with Crippen LogP contribution in [0.25, 0.3) is 0 Å². The van der Waals surface area contributed by atoms with Gasteiger partial charge < -0.3 is 11.1 Å². The minimum absolute atomic E-state index is 0.116. The van der Waals surface area contributed by atoms with Crippen LogP contribution in [0.1, 0.15) is 23.6 Å². The Bertz CT molecular complexity index is 359. The van der Waals surface area contributed by atoms with E-state index in [0.29, 0.717) is 6.54 Å². The van der Waals surface area contributed by atoms with Crippen LogP contribution in [0.5, 0.6) is 0 Å². The molecule has 0 aliphatic carbocycles. The molecule has 3 heteroatoms. The molecule has 1 atom stereocenters. The first-order valence-corrected chi connectivity index (χ1v) is 5.10. The molecule has 0 aliphatic heterocycles. The molecule has 1 unspecified atom stereocenters. The average Bonchev–Trinajstić information content (AvgIpc) is 2.15. The second-order valence-electron chi connectivity index (χ2n) is 3.94. The third-order valence-electron chi connectivity index (χ3n) is 2.36. The van der Waals surface area contributed by atoms with Crippen molar-refractivity contribution < 1.29 is 4.79 Å². The lowest BCUT2D eigenvalue weighted by Gasteiger charge is -2.10. The first-order chi connectivity index (χ1) is 7.00. The van der Waals surface area contributed by atoms with Crippen LogP contribution in [-0.2, 0) is 11.3 Å². The quantitative estimate of drug-likeness (QED) is 0.782. The zero-order valence-corrected chi connectivity index (χ0v) is 9.50. The molecular formula is C12H18N2O. The predicted molar refractivity (Wildman–Crippen MR) is 61.4 cm³/mol. The highest BCUT2D eigenvalue weighted by atomic mass is 16.2. The van der Waals surface area contributed by atoms with Crippen LogP contribution in [0.3, 0.4) is 0 Å². The van der Waals surface area contributed by atoms with Crippen LogP contribution < -0.4 is 11.1 Å². The lowest BCUT2D eigenvalue weighted by Crippen LogP contribution is -2.37. The maximum Gasteiger partial charge on any atom is 0.236 e. The molecule has 3 N–H and O–H groups in total. The van der Waals surface area contributed by atoms with Crippen molar-refractivity contribution in [2.75, 3.05) is 0 Å². The largest absolute Gasteiger partial charge is 0.351 e. The smallest absolute Gasteiger partial charge is 0.236 e. The van der Waals surface area contributed by atoms with Gasteiger partial charge in [-0.2, -0.15) is 0 Å². The summed E-state index contributed by atoms with van der Waals surface area (Å²) in [6, 6.07) is 5.73. The van der Waals surface area contributed by atoms with Crippen LogP contribution in [0.15, 0.2) is 18.2 Å². The second kappa shape index (κ2) is 4.94. The molecule has 15 heavy (non-hydrogen) atoms. The number of amides is 1. The molecule has 3 nitrogen and oxygen atoms in total. The number of hydrogen-bond donors (Lipinski definition) is 2. The van der Waals surface area contributed by atoms with Gasteiger partial charge in [0, 0.05) is 6.54 Å². The Morgan fingerprint density at radius 1 is 1.47 bits per heavy atom. The Labute approximate surface area is 90.7 Å². The van der Waals surface area contributed by atoms with E-state index in [2.05, 4.69) is 18.3 Å². The van der Waals surface area contributed by atoms with Crippen LogP contribution >= 0.6 is 0 Å². The number of nitrogens with two attached hydrogens (primary N) is 1. The van der Waals surface area contributed by atoms with Gasteiger partial charge in [0.15, 0.2) is 0 Å². The fraction of sp³-hybridized carbons (Fsp3) is 0.417. The lowest BCUT2D eigenvalue weighted by atomic mass is 10.1. The number of carbonyl (C=O) groups is 1. The van der Waals surface area contributed by atoms with E-state index < -0.39 is 6.04 Å². The molecule has 82 valence electrons. The average molecular weight is 206 g/mol. The van der Waals surface area contributed by atoms with E-state index in [-0.39, 0.29) is 5.91 Å². The zero-order valence-electron chi connectivity index (χ0n) is 9.50. The van der Waals surface area contributed by atoms with Gasteiger partial charge in [-0.3, -0.25) is 4.79 Å². The Morgan fingerprint density at radius 2 is 2.13 bits per heavy atom. The molecule has 1 amide bonds. The molecular weight excluding hydrogens is 188 g/mol. The third kappa shape index (κ3) is 3.36. The van der Waals surface area contributed by atoms with Gasteiger partial charge in [0.2, 0.25) is 5.91 Å². The van der Waals surface area contributed by atoms with Gasteiger partial charge in [-0.05, 0) is 31.9 Å². The normalized spacial score (nSPS) is 12.3. The summed E-state index contributed by atoms with van der Waals surface area (Å²) in [5, 5.41) is 2.79. The maximum absolute atomic E-state index is 11.3. The van der Waals surface area contributed by atoms with Crippen molar-refractivity contribution in [1.82, 2.24) is 5.32 Å². The molecule has 1 aromatic carbocycles. The van der Waals surface area contributed by atoms with Gasteiger partial charge in [0.1, 0.15) is 0 Å². The standard InChI is InChI=1S/C12H18N2O/c1-8-4-5-11(9(2)6-8)7-14-12(15)10(3)13/h4-6,10H,7,13H2,1-3H3,(H,14,15). The number of benzene rings is 1. The molecule has 0 bridgehead atoms. The Morgan fingerprint density at radius 3 is 2.67 bits per heavy atom. The summed E-state index contributed by atoms with van der Waals surface area (Å²) in [7, 11) is 0. The van der Waals surface area contributed by atoms with E-state index in [0.717, 1.165) is 5.56 Å². The topological polar surface area (TPSA) is 55.1 Å². The van der Waals surface area contributed by atoms with Crippen LogP contribution in [0, 0.1) is 13.8 Å². The molecule has 0 aliphatic rings. The molecule has 0 aromatic heterocycles. The van der Waals surface area contributed by atoms with Crippen molar-refractivity contribution >= 4 is 5.91 Å². The van der Waals surface area contributed by atoms with Crippen LogP contribution in [0.4, 0.5) is 0 Å². The lowest BCUT2D eigenvalue weighted by molar-refractivity contribution is -0.122. The maximum atomic E-state index is 11.3. The zero-order chi connectivity index (χ0) is 11.4. The van der Waals surface area contributed by atoms with E-state index in [1.807, 2.05) is 19.1 Å². The monoisotopic (exact) mass is 206 g/mol. The van der Waals surface area contributed by atoms with E-state index in [4.69, 9.17) is 5.73 Å². The molecule has 0 saturated carbocycles. The van der Waals surface area contributed by atoms with E-state index in [9.17, 15) is 4.79 Å². The van der Waals surface area contributed by atoms with Gasteiger partial charge in [-0.15, -0.1) is 0 Å². The molecule has 1 aromatic rings. The fourth-order valence-corrected chi connectivity index (χ4v) is 1.39. The summed E-state index contributed by atoms with van der Waals surface area (Å²) >= 11 is 0. The molecule has 0 radical (unpaired) electrons. The van der Waals surface area contributed by atoms with E-state index in [1.165, 1.54) is 11.1 Å². The molecule has 1 rings (SSSR count). The summed E-state index contributed by atoms with van der Waals surface area (Å²) in [4.78, 5) is 11.3. The van der Waals surface area contributed by atoms with E-state index in [1.54, 1.807) is 6.92 Å². The van der Waals surface area contributed by atoms with Crippen molar-refractivity contribution in [3.8, 4) is 0 Å². The second-order valence-corrected chi connectivity index (χ2v) is 3.94. The van der Waals surface area contributed by atoms with Gasteiger partial charge in [0.05, 0.1) is 6.04 Å². The molecule has 0 heterocycles. The summed E-state index contributed by atoms with van der Waals surface area (Å²) < 4.78 is 0. The molecule has 0 fully saturated rings. The van der Waals surface area contributed by atoms with Gasteiger partial charge in [0.25, 0.3) is 0 Å². The highest BCUT2D eigenvalue weighted by Crippen LogP contribution is 2.09. The first-order valence-electron chi connectivity index (χ1n) is 5.10. The Balaban J connectivity index is 2.62. The van der Waals surface area contributed by atoms with Crippen molar-refractivity contribution in [3.05, 3.63) is 34.9 Å². The molecule has 0 spiro atoms. The molecule has 0 saturated heterocycles. The van der Waals surface area contributed by atoms with Crippen LogP contribution in [-0.4, -0.2) is 11.9 Å². The fourth-order valence-electron chi connectivity index (χ4n) is 1.39. The number of hydrogen-bond acceptors (Lipinski definition) is 2. The number of carbonyl (C=O) groups excluding carboxylic acids is 1. The third-order valence-corrected chi connectivity index (χ3v) is 2.36. The Kier molecular flexibility index (Phi) is 3.86. The van der Waals surface area contributed by atoms with Crippen molar-refractivity contribution in [2.45, 2.75) is 33.4 Å². The van der Waals surface area contributed by atoms with Crippen molar-refractivity contribution in [1.29, 1.82) is 0 Å². The SMILES string of the molecule is Cc1ccc(CNC(=O)C(C)N)c(C)c1. The van der Waals surface area contributed by atoms with Crippen molar-refractivity contribution in [2.24, 2.45) is 5.73 Å². The number of nitrogens with one attached hydrogen (secondary N) is 1. The number of aryl methyl sites for hydroxylation is 2. The van der Waals surface area contributed by atoms with Crippen molar-refractivity contribution in [3.63, 3.8) is 0 Å². The van der Waals surface area contributed by atoms with E-state index >= 15 is 0 Å². The minimum atomic E-state index is -0.448. The summed E-state index contributed by atoms with van der Waals surface area (Å²) in [6.07, 6.45) is 0. The van der Waals surface area contributed by atoms with Crippen LogP contribution in [0.2, 0.25) is 0 Å². The highest BCUT2D eigenvalue weighted by Gasteiger charge is 2.06. The Hall–Kier alpha value is -1.35. The number of rotatable bonds is 3. The van der Waals surface area contributed by atoms with Gasteiger partial charge in [-0.25, -0.2) is 0 Å². The minimum Gasteiger partial charge on any atom is -0.351 e. The van der Waals surface area contributed by atoms with Gasteiger partial charge in [-0.1, -0.05) is 23.8 Å².